The lowest BCUT2D eigenvalue weighted by molar-refractivity contribution is 0.257. The Kier molecular flexibility index (Phi) is 5.18. The Morgan fingerprint density at radius 1 is 1.31 bits per heavy atom. The predicted octanol–water partition coefficient (Wildman–Crippen LogP) is 3.32. The van der Waals surface area contributed by atoms with Crippen LogP contribution in [0, 0.1) is 5.41 Å². The average Bonchev–Trinajstić information content (AvgIpc) is 3.12. The molecule has 29 heavy (non-hydrogen) atoms. The molecule has 2 aromatic heterocycles. The molecule has 0 unspecified atom stereocenters. The molecule has 0 radical (unpaired) electrons. The minimum absolute atomic E-state index is 0.108. The van der Waals surface area contributed by atoms with Gasteiger partial charge in [-0.2, -0.15) is 0 Å². The second kappa shape index (κ2) is 7.51. The Bertz CT molecular complexity index is 1120. The summed E-state index contributed by atoms with van der Waals surface area (Å²) in [5.41, 5.74) is 6.71. The molecule has 10 heteroatoms. The number of anilines is 1. The van der Waals surface area contributed by atoms with Crippen molar-refractivity contribution in [3.05, 3.63) is 38.6 Å². The number of ether oxygens (including phenoxy) is 1. The zero-order valence-electron chi connectivity index (χ0n) is 16.2. The van der Waals surface area contributed by atoms with Crippen LogP contribution < -0.4 is 20.9 Å². The number of nitrogens with one attached hydrogen (secondary N) is 1. The molecular weight excluding hydrogens is 415 g/mol. The van der Waals surface area contributed by atoms with E-state index < -0.39 is 0 Å². The number of H-pyrrole nitrogens is 1. The van der Waals surface area contributed by atoms with Crippen molar-refractivity contribution in [1.29, 1.82) is 0 Å². The van der Waals surface area contributed by atoms with Crippen LogP contribution in [-0.4, -0.2) is 39.4 Å². The van der Waals surface area contributed by atoms with Gasteiger partial charge in [-0.1, -0.05) is 36.2 Å². The van der Waals surface area contributed by atoms with Crippen LogP contribution in [0.3, 0.4) is 0 Å². The molecule has 1 aromatic carbocycles. The molecule has 1 saturated heterocycles. The number of hydrogen-bond donors (Lipinski definition) is 2. The minimum Gasteiger partial charge on any atom is -0.434 e. The molecule has 1 fully saturated rings. The third kappa shape index (κ3) is 3.56. The number of aryl methyl sites for hydroxylation is 1. The van der Waals surface area contributed by atoms with Crippen LogP contribution in [0.25, 0.3) is 11.2 Å². The standard InChI is InChI=1S/C19H22Cl2N6O2/c1-19(10-22)6-8-27(9-7-19)16-18(28)26(2)14-15(23-16)24-25-17(14)29-12-5-3-4-11(20)13(12)21/h3-5H,6-10,22H2,1-2H3,(H,24,25). The molecule has 4 rings (SSSR count). The smallest absolute Gasteiger partial charge is 0.293 e. The molecule has 1 aliphatic heterocycles. The Hall–Kier alpha value is -2.29. The van der Waals surface area contributed by atoms with Crippen LogP contribution >= 0.6 is 23.2 Å². The van der Waals surface area contributed by atoms with Gasteiger partial charge in [-0.25, -0.2) is 4.98 Å². The van der Waals surface area contributed by atoms with Crippen molar-refractivity contribution in [2.24, 2.45) is 18.2 Å². The van der Waals surface area contributed by atoms with Crippen molar-refractivity contribution in [2.45, 2.75) is 19.8 Å². The molecule has 3 aromatic rings. The molecule has 0 atom stereocenters. The van der Waals surface area contributed by atoms with Crippen molar-refractivity contribution in [3.63, 3.8) is 0 Å². The van der Waals surface area contributed by atoms with Crippen LogP contribution in [0.4, 0.5) is 5.82 Å². The second-order valence-corrected chi connectivity index (χ2v) is 8.47. The lowest BCUT2D eigenvalue weighted by Gasteiger charge is -2.38. The van der Waals surface area contributed by atoms with E-state index in [4.69, 9.17) is 33.7 Å². The Morgan fingerprint density at radius 3 is 2.72 bits per heavy atom. The number of nitrogens with two attached hydrogens (primary N) is 1. The van der Waals surface area contributed by atoms with Gasteiger partial charge in [0.25, 0.3) is 11.4 Å². The van der Waals surface area contributed by atoms with Gasteiger partial charge in [-0.05, 0) is 36.9 Å². The highest BCUT2D eigenvalue weighted by Gasteiger charge is 2.31. The predicted molar refractivity (Wildman–Crippen MR) is 114 cm³/mol. The lowest BCUT2D eigenvalue weighted by atomic mass is 9.80. The number of nitrogens with zero attached hydrogens (tertiary/aromatic N) is 4. The third-order valence-electron chi connectivity index (χ3n) is 5.62. The molecule has 0 spiro atoms. The second-order valence-electron chi connectivity index (χ2n) is 7.68. The average molecular weight is 437 g/mol. The number of fused-ring (bicyclic) bond motifs is 1. The van der Waals surface area contributed by atoms with Gasteiger partial charge >= 0.3 is 0 Å². The maximum Gasteiger partial charge on any atom is 0.293 e. The number of piperidine rings is 1. The van der Waals surface area contributed by atoms with Gasteiger partial charge in [0.15, 0.2) is 17.0 Å². The highest BCUT2D eigenvalue weighted by atomic mass is 35.5. The molecule has 0 aliphatic carbocycles. The monoisotopic (exact) mass is 436 g/mol. The van der Waals surface area contributed by atoms with E-state index >= 15 is 0 Å². The first-order valence-electron chi connectivity index (χ1n) is 9.35. The number of rotatable bonds is 4. The Morgan fingerprint density at radius 2 is 2.03 bits per heavy atom. The van der Waals surface area contributed by atoms with Crippen molar-refractivity contribution >= 4 is 40.2 Å². The summed E-state index contributed by atoms with van der Waals surface area (Å²) in [6, 6.07) is 5.06. The van der Waals surface area contributed by atoms with E-state index in [1.165, 1.54) is 4.57 Å². The summed E-state index contributed by atoms with van der Waals surface area (Å²) in [5, 5.41) is 7.67. The molecule has 3 N–H and O–H groups in total. The molecule has 154 valence electrons. The van der Waals surface area contributed by atoms with E-state index in [-0.39, 0.29) is 21.9 Å². The van der Waals surface area contributed by atoms with E-state index in [2.05, 4.69) is 22.1 Å². The van der Waals surface area contributed by atoms with E-state index in [0.29, 0.717) is 34.3 Å². The molecule has 3 heterocycles. The first-order chi connectivity index (χ1) is 13.8. The fraction of sp³-hybridized carbons (Fsp3) is 0.421. The van der Waals surface area contributed by atoms with Gasteiger partial charge in [0.05, 0.1) is 5.02 Å². The zero-order chi connectivity index (χ0) is 20.8. The van der Waals surface area contributed by atoms with Gasteiger partial charge in [0.1, 0.15) is 10.8 Å². The lowest BCUT2D eigenvalue weighted by Crippen LogP contribution is -2.44. The van der Waals surface area contributed by atoms with Crippen LogP contribution in [0.1, 0.15) is 19.8 Å². The molecule has 8 nitrogen and oxygen atoms in total. The van der Waals surface area contributed by atoms with Crippen molar-refractivity contribution in [2.75, 3.05) is 24.5 Å². The fourth-order valence-corrected chi connectivity index (χ4v) is 3.83. The molecule has 0 saturated carbocycles. The number of aromatic amines is 1. The molecule has 0 bridgehead atoms. The van der Waals surface area contributed by atoms with Gasteiger partial charge in [-0.3, -0.25) is 9.89 Å². The van der Waals surface area contributed by atoms with Crippen molar-refractivity contribution in [1.82, 2.24) is 19.7 Å². The van der Waals surface area contributed by atoms with Gasteiger partial charge < -0.3 is 19.9 Å². The highest BCUT2D eigenvalue weighted by Crippen LogP contribution is 2.36. The van der Waals surface area contributed by atoms with Gasteiger partial charge in [-0.15, -0.1) is 5.10 Å². The van der Waals surface area contributed by atoms with Crippen LogP contribution in [-0.2, 0) is 7.05 Å². The topological polar surface area (TPSA) is 102 Å². The number of hydrogen-bond acceptors (Lipinski definition) is 6. The number of aromatic nitrogens is 4. The number of halogens is 2. The maximum absolute atomic E-state index is 13.0. The summed E-state index contributed by atoms with van der Waals surface area (Å²) < 4.78 is 7.31. The van der Waals surface area contributed by atoms with E-state index in [1.807, 2.05) is 4.90 Å². The van der Waals surface area contributed by atoms with E-state index in [0.717, 1.165) is 25.9 Å². The summed E-state index contributed by atoms with van der Waals surface area (Å²) in [6.45, 7) is 4.28. The molecular formula is C19H22Cl2N6O2. The van der Waals surface area contributed by atoms with Gasteiger partial charge in [0.2, 0.25) is 0 Å². The normalized spacial score (nSPS) is 16.4. The summed E-state index contributed by atoms with van der Waals surface area (Å²) in [4.78, 5) is 19.6. The van der Waals surface area contributed by atoms with Crippen molar-refractivity contribution in [3.8, 4) is 11.6 Å². The van der Waals surface area contributed by atoms with Crippen molar-refractivity contribution < 1.29 is 4.74 Å². The third-order valence-corrected chi connectivity index (χ3v) is 6.43. The summed E-state index contributed by atoms with van der Waals surface area (Å²) in [7, 11) is 1.67. The largest absolute Gasteiger partial charge is 0.434 e. The Labute approximate surface area is 177 Å². The summed E-state index contributed by atoms with van der Waals surface area (Å²) in [5.74, 6) is 0.952. The maximum atomic E-state index is 13.0. The quantitative estimate of drug-likeness (QED) is 0.649. The van der Waals surface area contributed by atoms with Crippen LogP contribution in [0.15, 0.2) is 23.0 Å². The first kappa shape index (κ1) is 20.0. The van der Waals surface area contributed by atoms with Crippen LogP contribution in [0.5, 0.6) is 11.6 Å². The summed E-state index contributed by atoms with van der Waals surface area (Å²) >= 11 is 12.2. The highest BCUT2D eigenvalue weighted by molar-refractivity contribution is 6.42. The van der Waals surface area contributed by atoms with E-state index in [1.54, 1.807) is 25.2 Å². The minimum atomic E-state index is -0.211. The number of benzene rings is 1. The summed E-state index contributed by atoms with van der Waals surface area (Å²) in [6.07, 6.45) is 1.83. The van der Waals surface area contributed by atoms with E-state index in [9.17, 15) is 4.79 Å². The van der Waals surface area contributed by atoms with Gasteiger partial charge in [0, 0.05) is 20.1 Å². The molecule has 0 amide bonds. The zero-order valence-corrected chi connectivity index (χ0v) is 17.7. The first-order valence-corrected chi connectivity index (χ1v) is 10.1. The SMILES string of the molecule is Cn1c(=O)c(N2CCC(C)(CN)CC2)nc2[nH]nc(Oc3cccc(Cl)c3Cl)c21. The Balaban J connectivity index is 1.69. The molecule has 1 aliphatic rings. The van der Waals surface area contributed by atoms with Crippen LogP contribution in [0.2, 0.25) is 10.0 Å². The fourth-order valence-electron chi connectivity index (χ4n) is 3.50.